The first-order valence-corrected chi connectivity index (χ1v) is 12.3. The molecule has 3 aromatic carbocycles. The Kier molecular flexibility index (Phi) is 7.95. The molecule has 0 spiro atoms. The van der Waals surface area contributed by atoms with Gasteiger partial charge in [-0.25, -0.2) is 10.4 Å². The van der Waals surface area contributed by atoms with E-state index in [1.54, 1.807) is 24.3 Å². The fraction of sp³-hybridized carbons (Fsp3) is 0.0400. The molecular weight excluding hydrogens is 536 g/mol. The molecule has 0 fully saturated rings. The molecule has 1 heterocycles. The largest absolute Gasteiger partial charge is 0.272 e. The van der Waals surface area contributed by atoms with Crippen LogP contribution in [0, 0.1) is 0 Å². The van der Waals surface area contributed by atoms with Gasteiger partial charge in [-0.2, -0.15) is 5.10 Å². The molecule has 1 amide bonds. The van der Waals surface area contributed by atoms with Crippen LogP contribution in [0.3, 0.4) is 0 Å². The van der Waals surface area contributed by atoms with Crippen molar-refractivity contribution in [1.82, 2.24) is 15.0 Å². The Labute approximate surface area is 213 Å². The predicted molar refractivity (Wildman–Crippen MR) is 143 cm³/mol. The lowest BCUT2D eigenvalue weighted by atomic mass is 10.2. The van der Waals surface area contributed by atoms with E-state index >= 15 is 0 Å². The zero-order chi connectivity index (χ0) is 23.9. The van der Waals surface area contributed by atoms with Gasteiger partial charge in [-0.3, -0.25) is 14.2 Å². The second-order valence-corrected chi connectivity index (χ2v) is 9.34. The molecule has 4 rings (SSSR count). The van der Waals surface area contributed by atoms with Crippen molar-refractivity contribution in [3.8, 4) is 5.69 Å². The molecule has 0 saturated heterocycles. The molecule has 0 bridgehead atoms. The molecule has 34 heavy (non-hydrogen) atoms. The SMILES string of the molecule is O=C(CSc1nc2ccccc2c(=O)n1-c1ccc(Br)cc1)NN=CC(Cl)=Cc1ccccc1. The van der Waals surface area contributed by atoms with Crippen molar-refractivity contribution in [1.29, 1.82) is 0 Å². The number of nitrogens with one attached hydrogen (secondary N) is 1. The smallest absolute Gasteiger partial charge is 0.266 e. The Hall–Kier alpha value is -3.20. The number of fused-ring (bicyclic) bond motifs is 1. The summed E-state index contributed by atoms with van der Waals surface area (Å²) in [5, 5.41) is 5.19. The number of hydrogen-bond acceptors (Lipinski definition) is 5. The second kappa shape index (κ2) is 11.3. The van der Waals surface area contributed by atoms with Crippen molar-refractivity contribution in [2.24, 2.45) is 5.10 Å². The summed E-state index contributed by atoms with van der Waals surface area (Å²) in [5.41, 5.74) is 4.40. The van der Waals surface area contributed by atoms with E-state index in [1.165, 1.54) is 10.8 Å². The first-order valence-electron chi connectivity index (χ1n) is 10.2. The summed E-state index contributed by atoms with van der Waals surface area (Å²) in [6, 6.07) is 24.0. The van der Waals surface area contributed by atoms with Gasteiger partial charge in [-0.15, -0.1) is 0 Å². The van der Waals surface area contributed by atoms with E-state index < -0.39 is 0 Å². The molecule has 1 N–H and O–H groups in total. The van der Waals surface area contributed by atoms with Gasteiger partial charge in [-0.1, -0.05) is 81.8 Å². The third-order valence-corrected chi connectivity index (χ3v) is 6.32. The number of halogens is 2. The highest BCUT2D eigenvalue weighted by molar-refractivity contribution is 9.10. The zero-order valence-corrected chi connectivity index (χ0v) is 20.8. The number of benzene rings is 3. The van der Waals surface area contributed by atoms with E-state index in [-0.39, 0.29) is 17.2 Å². The number of rotatable bonds is 7. The van der Waals surface area contributed by atoms with Gasteiger partial charge in [-0.05, 0) is 48.0 Å². The van der Waals surface area contributed by atoms with E-state index in [1.807, 2.05) is 60.7 Å². The topological polar surface area (TPSA) is 76.3 Å². The Balaban J connectivity index is 1.51. The van der Waals surface area contributed by atoms with Crippen molar-refractivity contribution < 1.29 is 4.79 Å². The van der Waals surface area contributed by atoms with Gasteiger partial charge in [0.2, 0.25) is 0 Å². The van der Waals surface area contributed by atoms with E-state index in [4.69, 9.17) is 11.6 Å². The lowest BCUT2D eigenvalue weighted by Gasteiger charge is -2.13. The average molecular weight is 554 g/mol. The van der Waals surface area contributed by atoms with E-state index in [0.29, 0.717) is 26.8 Å². The zero-order valence-electron chi connectivity index (χ0n) is 17.7. The van der Waals surface area contributed by atoms with Crippen molar-refractivity contribution >= 4 is 68.4 Å². The molecule has 0 aliphatic heterocycles. The molecule has 0 atom stereocenters. The molecule has 4 aromatic rings. The average Bonchev–Trinajstić information content (AvgIpc) is 2.84. The van der Waals surface area contributed by atoms with Crippen molar-refractivity contribution in [3.05, 3.63) is 104 Å². The number of hydrogen-bond donors (Lipinski definition) is 1. The molecule has 0 radical (unpaired) electrons. The number of aromatic nitrogens is 2. The van der Waals surface area contributed by atoms with Gasteiger partial charge >= 0.3 is 0 Å². The van der Waals surface area contributed by atoms with Crippen LogP contribution in [-0.4, -0.2) is 27.4 Å². The molecule has 0 aliphatic carbocycles. The Morgan fingerprint density at radius 3 is 2.53 bits per heavy atom. The van der Waals surface area contributed by atoms with Crippen LogP contribution in [0.5, 0.6) is 0 Å². The summed E-state index contributed by atoms with van der Waals surface area (Å²) >= 11 is 10.7. The standard InChI is InChI=1S/C25H18BrClN4O2S/c26-18-10-12-20(13-11-18)31-24(33)21-8-4-5-9-22(21)29-25(31)34-16-23(32)30-28-15-19(27)14-17-6-2-1-3-7-17/h1-15H,16H2,(H,30,32). The predicted octanol–water partition coefficient (Wildman–Crippen LogP) is 5.62. The summed E-state index contributed by atoms with van der Waals surface area (Å²) in [7, 11) is 0. The fourth-order valence-corrected chi connectivity index (χ4v) is 4.35. The Bertz CT molecular complexity index is 1440. The highest BCUT2D eigenvalue weighted by Crippen LogP contribution is 2.22. The molecule has 0 aliphatic rings. The summed E-state index contributed by atoms with van der Waals surface area (Å²) in [6.45, 7) is 0. The maximum absolute atomic E-state index is 13.2. The van der Waals surface area contributed by atoms with E-state index in [2.05, 4.69) is 31.4 Å². The van der Waals surface area contributed by atoms with Crippen LogP contribution in [-0.2, 0) is 4.79 Å². The number of allylic oxidation sites excluding steroid dienone is 1. The molecule has 0 saturated carbocycles. The lowest BCUT2D eigenvalue weighted by molar-refractivity contribution is -0.118. The summed E-state index contributed by atoms with van der Waals surface area (Å²) < 4.78 is 2.40. The van der Waals surface area contributed by atoms with Crippen LogP contribution in [0.1, 0.15) is 5.56 Å². The maximum Gasteiger partial charge on any atom is 0.266 e. The minimum atomic E-state index is -0.352. The van der Waals surface area contributed by atoms with Crippen LogP contribution in [0.4, 0.5) is 0 Å². The van der Waals surface area contributed by atoms with Crippen LogP contribution < -0.4 is 11.0 Å². The molecule has 9 heteroatoms. The quantitative estimate of drug-likeness (QED) is 0.139. The monoisotopic (exact) mass is 552 g/mol. The van der Waals surface area contributed by atoms with E-state index in [9.17, 15) is 9.59 Å². The third kappa shape index (κ3) is 6.02. The lowest BCUT2D eigenvalue weighted by Crippen LogP contribution is -2.24. The maximum atomic E-state index is 13.2. The van der Waals surface area contributed by atoms with Gasteiger partial charge in [0.15, 0.2) is 5.16 Å². The number of nitrogens with zero attached hydrogens (tertiary/aromatic N) is 3. The first-order chi connectivity index (χ1) is 16.5. The molecule has 6 nitrogen and oxygen atoms in total. The van der Waals surface area contributed by atoms with Crippen LogP contribution >= 0.6 is 39.3 Å². The summed E-state index contributed by atoms with van der Waals surface area (Å²) in [4.78, 5) is 30.2. The second-order valence-electron chi connectivity index (χ2n) is 7.05. The summed E-state index contributed by atoms with van der Waals surface area (Å²) in [6.07, 6.45) is 3.10. The first kappa shape index (κ1) is 23.9. The van der Waals surface area contributed by atoms with Crippen LogP contribution in [0.2, 0.25) is 0 Å². The van der Waals surface area contributed by atoms with Gasteiger partial charge in [0, 0.05) is 4.47 Å². The molecular formula is C25H18BrClN4O2S. The van der Waals surface area contributed by atoms with Crippen LogP contribution in [0.15, 0.2) is 103 Å². The number of para-hydroxylation sites is 1. The highest BCUT2D eigenvalue weighted by Gasteiger charge is 2.14. The minimum absolute atomic E-state index is 0.0126. The number of carbonyl (C=O) groups is 1. The van der Waals surface area contributed by atoms with Crippen molar-refractivity contribution in [2.75, 3.05) is 5.75 Å². The molecule has 170 valence electrons. The van der Waals surface area contributed by atoms with Crippen LogP contribution in [0.25, 0.3) is 22.7 Å². The van der Waals surface area contributed by atoms with E-state index in [0.717, 1.165) is 21.8 Å². The Morgan fingerprint density at radius 1 is 1.06 bits per heavy atom. The van der Waals surface area contributed by atoms with Gasteiger partial charge < -0.3 is 0 Å². The van der Waals surface area contributed by atoms with Gasteiger partial charge in [0.1, 0.15) is 0 Å². The highest BCUT2D eigenvalue weighted by atomic mass is 79.9. The van der Waals surface area contributed by atoms with Gasteiger partial charge in [0.25, 0.3) is 11.5 Å². The van der Waals surface area contributed by atoms with Crippen molar-refractivity contribution in [3.63, 3.8) is 0 Å². The molecule has 0 unspecified atom stereocenters. The third-order valence-electron chi connectivity index (χ3n) is 4.64. The number of carbonyl (C=O) groups excluding carboxylic acids is 1. The summed E-state index contributed by atoms with van der Waals surface area (Å²) in [5.74, 6) is -0.339. The van der Waals surface area contributed by atoms with Crippen molar-refractivity contribution in [2.45, 2.75) is 5.16 Å². The number of amides is 1. The Morgan fingerprint density at radius 2 is 1.76 bits per heavy atom. The molecule has 1 aromatic heterocycles. The minimum Gasteiger partial charge on any atom is -0.272 e. The normalized spacial score (nSPS) is 11.8. The number of thioether (sulfide) groups is 1. The number of hydrazone groups is 1. The fourth-order valence-electron chi connectivity index (χ4n) is 3.10. The van der Waals surface area contributed by atoms with Gasteiger partial charge in [0.05, 0.1) is 33.6 Å².